The molecule has 1 aromatic heterocycles. The first-order valence-electron chi connectivity index (χ1n) is 4.67. The van der Waals surface area contributed by atoms with Gasteiger partial charge in [-0.1, -0.05) is 15.9 Å². The average Bonchev–Trinajstić information content (AvgIpc) is 2.71. The van der Waals surface area contributed by atoms with Crippen LogP contribution in [0.3, 0.4) is 0 Å². The van der Waals surface area contributed by atoms with Gasteiger partial charge in [0.05, 0.1) is 11.8 Å². The molecule has 3 nitrogen and oxygen atoms in total. The highest BCUT2D eigenvalue weighted by Gasteiger charge is 2.13. The second-order valence-corrected chi connectivity index (χ2v) is 3.73. The summed E-state index contributed by atoms with van der Waals surface area (Å²) in [4.78, 5) is 13.6. The molecule has 1 amide bonds. The van der Waals surface area contributed by atoms with E-state index in [1.54, 1.807) is 6.07 Å². The lowest BCUT2D eigenvalue weighted by Gasteiger charge is -2.19. The lowest BCUT2D eigenvalue weighted by atomic mass is 10.3. The molecule has 4 heteroatoms. The van der Waals surface area contributed by atoms with Crippen LogP contribution in [0.4, 0.5) is 0 Å². The second kappa shape index (κ2) is 5.86. The molecule has 1 rings (SSSR count). The number of halogens is 1. The Labute approximate surface area is 92.2 Å². The Kier molecular flexibility index (Phi) is 4.73. The van der Waals surface area contributed by atoms with Crippen LogP contribution in [0, 0.1) is 0 Å². The zero-order valence-corrected chi connectivity index (χ0v) is 9.79. The molecule has 0 aliphatic carbocycles. The minimum Gasteiger partial charge on any atom is -0.472 e. The van der Waals surface area contributed by atoms with Gasteiger partial charge in [-0.05, 0) is 19.4 Å². The second-order valence-electron chi connectivity index (χ2n) is 2.94. The van der Waals surface area contributed by atoms with E-state index in [0.717, 1.165) is 24.8 Å². The van der Waals surface area contributed by atoms with Crippen LogP contribution in [0.25, 0.3) is 0 Å². The Balaban J connectivity index is 2.56. The van der Waals surface area contributed by atoms with Gasteiger partial charge in [0.2, 0.25) is 0 Å². The Hall–Kier alpha value is -0.770. The zero-order chi connectivity index (χ0) is 10.4. The van der Waals surface area contributed by atoms with Crippen molar-refractivity contribution in [3.8, 4) is 0 Å². The van der Waals surface area contributed by atoms with Crippen LogP contribution in [0.1, 0.15) is 23.7 Å². The molecule has 0 aromatic carbocycles. The maximum absolute atomic E-state index is 11.8. The quantitative estimate of drug-likeness (QED) is 0.762. The van der Waals surface area contributed by atoms with E-state index in [0.29, 0.717) is 5.56 Å². The van der Waals surface area contributed by atoms with Crippen molar-refractivity contribution in [3.63, 3.8) is 0 Å². The standard InChI is InChI=1S/C10H14BrNO2/c1-2-12(6-3-5-11)10(13)9-4-7-14-8-9/h4,7-8H,2-3,5-6H2,1H3. The highest BCUT2D eigenvalue weighted by atomic mass is 79.9. The third kappa shape index (κ3) is 2.87. The molecule has 0 saturated heterocycles. The number of amides is 1. The van der Waals surface area contributed by atoms with E-state index in [1.165, 1.54) is 12.5 Å². The monoisotopic (exact) mass is 259 g/mol. The van der Waals surface area contributed by atoms with Crippen LogP contribution in [-0.2, 0) is 0 Å². The first-order chi connectivity index (χ1) is 6.79. The molecule has 78 valence electrons. The molecule has 1 heterocycles. The van der Waals surface area contributed by atoms with Gasteiger partial charge < -0.3 is 9.32 Å². The van der Waals surface area contributed by atoms with Crippen LogP contribution >= 0.6 is 15.9 Å². The summed E-state index contributed by atoms with van der Waals surface area (Å²) in [5.41, 5.74) is 0.626. The van der Waals surface area contributed by atoms with Gasteiger partial charge in [-0.3, -0.25) is 4.79 Å². The fourth-order valence-electron chi connectivity index (χ4n) is 1.22. The molecule has 0 unspecified atom stereocenters. The third-order valence-electron chi connectivity index (χ3n) is 2.00. The first-order valence-corrected chi connectivity index (χ1v) is 5.79. The van der Waals surface area contributed by atoms with Crippen molar-refractivity contribution >= 4 is 21.8 Å². The van der Waals surface area contributed by atoms with Crippen LogP contribution in [0.15, 0.2) is 23.0 Å². The van der Waals surface area contributed by atoms with Crippen LogP contribution < -0.4 is 0 Å². The predicted octanol–water partition coefficient (Wildman–Crippen LogP) is 2.53. The van der Waals surface area contributed by atoms with Gasteiger partial charge in [0.15, 0.2) is 0 Å². The molecule has 0 atom stereocenters. The topological polar surface area (TPSA) is 33.5 Å². The van der Waals surface area contributed by atoms with Gasteiger partial charge in [0, 0.05) is 18.4 Å². The number of furan rings is 1. The number of carbonyl (C=O) groups excluding carboxylic acids is 1. The number of hydrogen-bond donors (Lipinski definition) is 0. The molecule has 1 aromatic rings. The largest absolute Gasteiger partial charge is 0.472 e. The SMILES string of the molecule is CCN(CCCBr)C(=O)c1ccoc1. The van der Waals surface area contributed by atoms with Crippen molar-refractivity contribution < 1.29 is 9.21 Å². The summed E-state index contributed by atoms with van der Waals surface area (Å²) in [6, 6.07) is 1.69. The number of nitrogens with zero attached hydrogens (tertiary/aromatic N) is 1. The minimum atomic E-state index is 0.0437. The van der Waals surface area contributed by atoms with Crippen molar-refractivity contribution in [2.75, 3.05) is 18.4 Å². The third-order valence-corrected chi connectivity index (χ3v) is 2.56. The van der Waals surface area contributed by atoms with Crippen LogP contribution in [-0.4, -0.2) is 29.2 Å². The fraction of sp³-hybridized carbons (Fsp3) is 0.500. The van der Waals surface area contributed by atoms with E-state index in [9.17, 15) is 4.79 Å². The molecule has 0 N–H and O–H groups in total. The van der Waals surface area contributed by atoms with E-state index < -0.39 is 0 Å². The molecular weight excluding hydrogens is 246 g/mol. The van der Waals surface area contributed by atoms with Gasteiger partial charge in [-0.15, -0.1) is 0 Å². The number of hydrogen-bond acceptors (Lipinski definition) is 2. The normalized spacial score (nSPS) is 10.1. The number of alkyl halides is 1. The van der Waals surface area contributed by atoms with E-state index in [1.807, 2.05) is 11.8 Å². The van der Waals surface area contributed by atoms with Gasteiger partial charge in [-0.25, -0.2) is 0 Å². The van der Waals surface area contributed by atoms with E-state index in [2.05, 4.69) is 15.9 Å². The van der Waals surface area contributed by atoms with Gasteiger partial charge in [-0.2, -0.15) is 0 Å². The van der Waals surface area contributed by atoms with Crippen molar-refractivity contribution in [2.45, 2.75) is 13.3 Å². The van der Waals surface area contributed by atoms with Crippen molar-refractivity contribution in [2.24, 2.45) is 0 Å². The summed E-state index contributed by atoms with van der Waals surface area (Å²) in [6.07, 6.45) is 3.97. The van der Waals surface area contributed by atoms with Crippen LogP contribution in [0.2, 0.25) is 0 Å². The highest BCUT2D eigenvalue weighted by molar-refractivity contribution is 9.09. The van der Waals surface area contributed by atoms with Gasteiger partial charge >= 0.3 is 0 Å². The van der Waals surface area contributed by atoms with Gasteiger partial charge in [0.1, 0.15) is 6.26 Å². The Morgan fingerprint density at radius 2 is 2.43 bits per heavy atom. The molecule has 0 saturated carbocycles. The summed E-state index contributed by atoms with van der Waals surface area (Å²) in [6.45, 7) is 3.50. The molecule has 14 heavy (non-hydrogen) atoms. The Morgan fingerprint density at radius 1 is 1.64 bits per heavy atom. The average molecular weight is 260 g/mol. The minimum absolute atomic E-state index is 0.0437. The van der Waals surface area contributed by atoms with Gasteiger partial charge in [0.25, 0.3) is 5.91 Å². The Morgan fingerprint density at radius 3 is 2.93 bits per heavy atom. The van der Waals surface area contributed by atoms with E-state index in [4.69, 9.17) is 4.42 Å². The van der Waals surface area contributed by atoms with Crippen LogP contribution in [0.5, 0.6) is 0 Å². The van der Waals surface area contributed by atoms with E-state index >= 15 is 0 Å². The van der Waals surface area contributed by atoms with E-state index in [-0.39, 0.29) is 5.91 Å². The molecule has 0 aliphatic heterocycles. The summed E-state index contributed by atoms with van der Waals surface area (Å²) in [5.74, 6) is 0.0437. The number of carbonyl (C=O) groups is 1. The van der Waals surface area contributed by atoms with Crippen molar-refractivity contribution in [3.05, 3.63) is 24.2 Å². The molecule has 0 bridgehead atoms. The predicted molar refractivity (Wildman–Crippen MR) is 58.7 cm³/mol. The fourth-order valence-corrected chi connectivity index (χ4v) is 1.47. The first kappa shape index (κ1) is 11.3. The van der Waals surface area contributed by atoms with Crippen molar-refractivity contribution in [1.82, 2.24) is 4.90 Å². The smallest absolute Gasteiger partial charge is 0.257 e. The molecule has 0 fully saturated rings. The molecule has 0 radical (unpaired) electrons. The maximum atomic E-state index is 11.8. The van der Waals surface area contributed by atoms with Crippen molar-refractivity contribution in [1.29, 1.82) is 0 Å². The number of rotatable bonds is 5. The lowest BCUT2D eigenvalue weighted by molar-refractivity contribution is 0.0764. The molecular formula is C10H14BrNO2. The highest BCUT2D eigenvalue weighted by Crippen LogP contribution is 2.06. The molecule has 0 spiro atoms. The summed E-state index contributed by atoms with van der Waals surface area (Å²) in [7, 11) is 0. The molecule has 0 aliphatic rings. The summed E-state index contributed by atoms with van der Waals surface area (Å²) in [5, 5.41) is 0.919. The zero-order valence-electron chi connectivity index (χ0n) is 8.20. The maximum Gasteiger partial charge on any atom is 0.257 e. The summed E-state index contributed by atoms with van der Waals surface area (Å²) >= 11 is 3.35. The summed E-state index contributed by atoms with van der Waals surface area (Å²) < 4.78 is 4.88. The Bertz CT molecular complexity index is 272. The lowest BCUT2D eigenvalue weighted by Crippen LogP contribution is -2.31.